The Labute approximate surface area is 149 Å². The highest BCUT2D eigenvalue weighted by Crippen LogP contribution is 2.13. The van der Waals surface area contributed by atoms with E-state index < -0.39 is 36.1 Å². The fraction of sp³-hybridized carbons (Fsp3) is 0.111. The molecular weight excluding hydrogens is 344 g/mol. The number of rotatable bonds is 7. The Bertz CT molecular complexity index is 822. The molecule has 134 valence electrons. The third kappa shape index (κ3) is 4.67. The third-order valence-electron chi connectivity index (χ3n) is 3.24. The summed E-state index contributed by atoms with van der Waals surface area (Å²) in [6.45, 7) is 0. The first-order chi connectivity index (χ1) is 12.9. The molecule has 0 radical (unpaired) electrons. The number of carbonyl (C=O) groups is 4. The lowest BCUT2D eigenvalue weighted by Crippen LogP contribution is -2.45. The number of aliphatic carboxylic acids is 2. The average Bonchev–Trinajstić information content (AvgIpc) is 2.70. The molecule has 0 saturated carbocycles. The zero-order valence-electron chi connectivity index (χ0n) is 14.2. The molecule has 2 N–H and O–H groups in total. The first kappa shape index (κ1) is 17.2. The maximum Gasteiger partial charge on any atom is 0.349 e. The van der Waals surface area contributed by atoms with E-state index in [1.54, 1.807) is 12.1 Å². The predicted octanol–water partition coefficient (Wildman–Crippen LogP) is 1.61. The van der Waals surface area contributed by atoms with Crippen molar-refractivity contribution in [1.82, 2.24) is 0 Å². The van der Waals surface area contributed by atoms with Crippen LogP contribution in [0, 0.1) is 0 Å². The summed E-state index contributed by atoms with van der Waals surface area (Å²) in [5.41, 5.74) is 0.0509. The molecule has 0 aliphatic heterocycles. The fourth-order valence-electron chi connectivity index (χ4n) is 1.99. The number of esters is 2. The van der Waals surface area contributed by atoms with Crippen LogP contribution in [0.3, 0.4) is 0 Å². The highest BCUT2D eigenvalue weighted by molar-refractivity contribution is 5.95. The smallest absolute Gasteiger partial charge is 0.349 e. The van der Waals surface area contributed by atoms with Gasteiger partial charge in [-0.1, -0.05) is 36.4 Å². The zero-order valence-corrected chi connectivity index (χ0v) is 13.2. The standard InChI is InChI=1S/C18H14O8/c19-15(20)13(25-17(23)11-7-3-1-4-8-11)14(16(21)22)26-18(24)12-9-5-2-6-10-12/h1-10,13-14H,(H,19,20)(H,21,22)/t13-,14-/m0/s1/i/hD. The summed E-state index contributed by atoms with van der Waals surface area (Å²) in [4.78, 5) is 47.5. The van der Waals surface area contributed by atoms with Gasteiger partial charge in [0.1, 0.15) is 0 Å². The molecule has 8 nitrogen and oxygen atoms in total. The van der Waals surface area contributed by atoms with Crippen LogP contribution in [0.15, 0.2) is 60.7 Å². The number of hydrogen-bond donors (Lipinski definition) is 2. The number of ether oxygens (including phenoxy) is 2. The highest BCUT2D eigenvalue weighted by atomic mass is 16.6. The minimum absolute atomic E-state index is 0.0242. The van der Waals surface area contributed by atoms with Crippen molar-refractivity contribution in [1.29, 1.82) is 1.43 Å². The molecule has 0 fully saturated rings. The van der Waals surface area contributed by atoms with Crippen LogP contribution in [0.4, 0.5) is 0 Å². The maximum atomic E-state index is 12.1. The predicted molar refractivity (Wildman–Crippen MR) is 86.6 cm³/mol. The Morgan fingerprint density at radius 2 is 1.12 bits per heavy atom. The van der Waals surface area contributed by atoms with Gasteiger partial charge in [-0.3, -0.25) is 0 Å². The Morgan fingerprint density at radius 3 is 1.46 bits per heavy atom. The van der Waals surface area contributed by atoms with Crippen LogP contribution < -0.4 is 0 Å². The van der Waals surface area contributed by atoms with Crippen molar-refractivity contribution >= 4 is 23.9 Å². The second kappa shape index (κ2) is 8.43. The normalized spacial score (nSPS) is 12.8. The molecule has 2 aromatic rings. The molecule has 0 aliphatic carbocycles. The number of hydrogen-bond acceptors (Lipinski definition) is 7. The largest absolute Gasteiger partial charge is 0.478 e. The minimum atomic E-state index is -2.21. The van der Waals surface area contributed by atoms with Gasteiger partial charge in [-0.25, -0.2) is 19.2 Å². The van der Waals surface area contributed by atoms with Gasteiger partial charge >= 0.3 is 23.9 Å². The summed E-state index contributed by atoms with van der Waals surface area (Å²) in [5, 5.41) is 13.1. The molecule has 0 spiro atoms. The van der Waals surface area contributed by atoms with Crippen LogP contribution in [-0.2, 0) is 19.1 Å². The van der Waals surface area contributed by atoms with Crippen LogP contribution >= 0.6 is 0 Å². The van der Waals surface area contributed by atoms with Crippen molar-refractivity contribution in [3.05, 3.63) is 71.8 Å². The zero-order chi connectivity index (χ0) is 19.8. The second-order valence-electron chi connectivity index (χ2n) is 5.04. The number of benzene rings is 2. The average molecular weight is 359 g/mol. The summed E-state index contributed by atoms with van der Waals surface area (Å²) < 4.78 is 16.4. The second-order valence-corrected chi connectivity index (χ2v) is 5.04. The molecule has 2 aromatic carbocycles. The van der Waals surface area contributed by atoms with E-state index in [0.717, 1.165) is 0 Å². The van der Waals surface area contributed by atoms with E-state index in [2.05, 4.69) is 5.11 Å². The van der Waals surface area contributed by atoms with Gasteiger partial charge in [0, 0.05) is 0 Å². The van der Waals surface area contributed by atoms with Crippen molar-refractivity contribution in [3.63, 3.8) is 0 Å². The van der Waals surface area contributed by atoms with Crippen molar-refractivity contribution in [3.8, 4) is 0 Å². The monoisotopic (exact) mass is 359 g/mol. The topological polar surface area (TPSA) is 127 Å². The van der Waals surface area contributed by atoms with Crippen LogP contribution in [0.25, 0.3) is 1.43 Å². The third-order valence-corrected chi connectivity index (χ3v) is 3.24. The van der Waals surface area contributed by atoms with Crippen molar-refractivity contribution < 1.29 is 38.9 Å². The Hall–Kier alpha value is -3.68. The maximum absolute atomic E-state index is 12.1. The van der Waals surface area contributed by atoms with Gasteiger partial charge in [0.2, 0.25) is 12.2 Å². The van der Waals surface area contributed by atoms with Crippen molar-refractivity contribution in [2.45, 2.75) is 12.2 Å². The molecule has 0 aromatic heterocycles. The molecule has 0 heterocycles. The van der Waals surface area contributed by atoms with Crippen LogP contribution in [0.5, 0.6) is 0 Å². The van der Waals surface area contributed by atoms with E-state index in [1.165, 1.54) is 48.5 Å². The van der Waals surface area contributed by atoms with E-state index in [-0.39, 0.29) is 11.1 Å². The van der Waals surface area contributed by atoms with E-state index in [0.29, 0.717) is 0 Å². The van der Waals surface area contributed by atoms with Crippen LogP contribution in [0.1, 0.15) is 20.7 Å². The summed E-state index contributed by atoms with van der Waals surface area (Å²) in [5.74, 6) is -5.36. The fourth-order valence-corrected chi connectivity index (χ4v) is 1.99. The molecule has 0 aliphatic rings. The molecule has 8 heteroatoms. The molecule has 0 amide bonds. The van der Waals surface area contributed by atoms with Gasteiger partial charge in [-0.05, 0) is 24.3 Å². The van der Waals surface area contributed by atoms with Gasteiger partial charge in [0.25, 0.3) is 1.43 Å². The molecule has 0 saturated heterocycles. The molecule has 2 atom stereocenters. The van der Waals surface area contributed by atoms with Gasteiger partial charge in [-0.15, -0.1) is 0 Å². The first-order valence-corrected chi connectivity index (χ1v) is 7.36. The Balaban J connectivity index is 2.25. The lowest BCUT2D eigenvalue weighted by atomic mass is 10.1. The van der Waals surface area contributed by atoms with Crippen molar-refractivity contribution in [2.75, 3.05) is 0 Å². The quantitative estimate of drug-likeness (QED) is 0.714. The summed E-state index contributed by atoms with van der Waals surface area (Å²) >= 11 is 0. The molecule has 0 unspecified atom stereocenters. The molecule has 2 rings (SSSR count). The lowest BCUT2D eigenvalue weighted by Gasteiger charge is -2.21. The van der Waals surface area contributed by atoms with E-state index >= 15 is 0 Å². The highest BCUT2D eigenvalue weighted by Gasteiger charge is 2.40. The van der Waals surface area contributed by atoms with Gasteiger partial charge in [-0.2, -0.15) is 0 Å². The number of carboxylic acid groups (broad SMARTS) is 2. The summed E-state index contributed by atoms with van der Waals surface area (Å²) in [7, 11) is 0. The van der Waals surface area contributed by atoms with Gasteiger partial charge in [0.05, 0.1) is 11.1 Å². The van der Waals surface area contributed by atoms with Gasteiger partial charge in [0.15, 0.2) is 0 Å². The summed E-state index contributed by atoms with van der Waals surface area (Å²) in [6.07, 6.45) is -4.37. The molecular formula is C18H14O8. The number of carboxylic acids is 2. The number of carbonyl (C=O) groups excluding carboxylic acids is 2. The van der Waals surface area contributed by atoms with E-state index in [9.17, 15) is 24.3 Å². The van der Waals surface area contributed by atoms with Gasteiger partial charge < -0.3 is 19.7 Å². The Kier molecular flexibility index (Phi) is 5.56. The van der Waals surface area contributed by atoms with Crippen molar-refractivity contribution in [2.24, 2.45) is 0 Å². The SMILES string of the molecule is [2H]OC(=O)[C@@H](OC(=O)c1ccccc1)[C@H](OC(=O)c1ccccc1)C(=O)O. The van der Waals surface area contributed by atoms with E-state index in [4.69, 9.17) is 10.9 Å². The lowest BCUT2D eigenvalue weighted by molar-refractivity contribution is -0.166. The van der Waals surface area contributed by atoms with E-state index in [1.807, 2.05) is 0 Å². The Morgan fingerprint density at radius 1 is 0.731 bits per heavy atom. The van der Waals surface area contributed by atoms with Crippen LogP contribution in [-0.4, -0.2) is 46.3 Å². The van der Waals surface area contributed by atoms with Crippen LogP contribution in [0.2, 0.25) is 0 Å². The molecule has 0 bridgehead atoms. The first-order valence-electron chi connectivity index (χ1n) is 7.76. The molecule has 26 heavy (non-hydrogen) atoms. The summed E-state index contributed by atoms with van der Waals surface area (Å²) in [6, 6.07) is 14.9. The minimum Gasteiger partial charge on any atom is -0.478 e.